The van der Waals surface area contributed by atoms with Gasteiger partial charge in [0.1, 0.15) is 17.9 Å². The molecule has 1 aliphatic heterocycles. The Labute approximate surface area is 166 Å². The smallest absolute Gasteiger partial charge is 0.324 e. The van der Waals surface area contributed by atoms with Crippen LogP contribution in [-0.2, 0) is 15.1 Å². The lowest BCUT2D eigenvalue weighted by molar-refractivity contribution is -0.134. The van der Waals surface area contributed by atoms with Gasteiger partial charge >= 0.3 is 6.03 Å². The highest BCUT2D eigenvalue weighted by atomic mass is 35.5. The molecule has 0 spiro atoms. The third-order valence-electron chi connectivity index (χ3n) is 4.57. The predicted octanol–water partition coefficient (Wildman–Crippen LogP) is 3.67. The fourth-order valence-corrected chi connectivity index (χ4v) is 3.48. The highest BCUT2D eigenvalue weighted by Gasteiger charge is 2.52. The molecule has 1 atom stereocenters. The predicted molar refractivity (Wildman–Crippen MR) is 103 cm³/mol. The number of imide groups is 1. The van der Waals surface area contributed by atoms with Gasteiger partial charge in [-0.05, 0) is 30.2 Å². The van der Waals surface area contributed by atoms with Crippen LogP contribution in [-0.4, -0.2) is 29.3 Å². The minimum atomic E-state index is -1.19. The Balaban J connectivity index is 1.79. The number of nitrogens with one attached hydrogen (secondary N) is 2. The molecule has 28 heavy (non-hydrogen) atoms. The van der Waals surface area contributed by atoms with E-state index in [4.69, 9.17) is 11.6 Å². The average molecular weight is 404 g/mol. The summed E-state index contributed by atoms with van der Waals surface area (Å²) in [7, 11) is 0. The summed E-state index contributed by atoms with van der Waals surface area (Å²) in [6.45, 7) is 1.45. The first-order valence-electron chi connectivity index (χ1n) is 8.82. The first kappa shape index (κ1) is 19.8. The van der Waals surface area contributed by atoms with E-state index >= 15 is 0 Å². The zero-order valence-electron chi connectivity index (χ0n) is 15.2. The third-order valence-corrected chi connectivity index (χ3v) is 4.86. The van der Waals surface area contributed by atoms with Crippen LogP contribution in [0.4, 0.5) is 14.9 Å². The van der Waals surface area contributed by atoms with Gasteiger partial charge in [-0.2, -0.15) is 0 Å². The van der Waals surface area contributed by atoms with Gasteiger partial charge in [-0.3, -0.25) is 14.5 Å². The molecule has 8 heteroatoms. The molecule has 1 fully saturated rings. The molecule has 2 aromatic carbocycles. The maximum Gasteiger partial charge on any atom is 0.325 e. The lowest BCUT2D eigenvalue weighted by atomic mass is 9.85. The molecule has 4 amide bonds. The van der Waals surface area contributed by atoms with Crippen molar-refractivity contribution in [3.05, 3.63) is 64.9 Å². The van der Waals surface area contributed by atoms with Gasteiger partial charge in [0, 0.05) is 5.69 Å². The number of carbonyl (C=O) groups is 3. The molecule has 0 aromatic heterocycles. The zero-order valence-corrected chi connectivity index (χ0v) is 15.9. The molecular weight excluding hydrogens is 385 g/mol. The van der Waals surface area contributed by atoms with E-state index in [0.29, 0.717) is 18.4 Å². The molecule has 0 unspecified atom stereocenters. The van der Waals surface area contributed by atoms with E-state index in [1.54, 1.807) is 24.3 Å². The number of amides is 4. The van der Waals surface area contributed by atoms with Crippen LogP contribution in [0.25, 0.3) is 0 Å². The average Bonchev–Trinajstić information content (AvgIpc) is 2.91. The van der Waals surface area contributed by atoms with Crippen molar-refractivity contribution in [2.45, 2.75) is 25.3 Å². The normalized spacial score (nSPS) is 18.9. The van der Waals surface area contributed by atoms with Gasteiger partial charge in [-0.1, -0.05) is 55.3 Å². The van der Waals surface area contributed by atoms with Gasteiger partial charge in [-0.25, -0.2) is 9.18 Å². The molecule has 1 heterocycles. The van der Waals surface area contributed by atoms with E-state index in [2.05, 4.69) is 10.6 Å². The van der Waals surface area contributed by atoms with Crippen LogP contribution >= 0.6 is 11.6 Å². The van der Waals surface area contributed by atoms with E-state index in [1.807, 2.05) is 13.0 Å². The molecule has 0 bridgehead atoms. The monoisotopic (exact) mass is 403 g/mol. The standard InChI is InChI=1S/C20H19ClFN3O3/c1-2-10-20(13-6-4-3-5-7-13)18(27)25(19(28)24-20)12-17(26)23-14-8-9-16(22)15(21)11-14/h3-9,11H,2,10,12H2,1H3,(H,23,26)(H,24,28)/t20-/m1/s1. The molecule has 3 rings (SSSR count). The second-order valence-corrected chi connectivity index (χ2v) is 6.93. The fourth-order valence-electron chi connectivity index (χ4n) is 3.29. The summed E-state index contributed by atoms with van der Waals surface area (Å²) in [6, 6.07) is 12.0. The Morgan fingerprint density at radius 1 is 1.21 bits per heavy atom. The fraction of sp³-hybridized carbons (Fsp3) is 0.250. The molecular formula is C20H19ClFN3O3. The largest absolute Gasteiger partial charge is 0.325 e. The molecule has 146 valence electrons. The van der Waals surface area contributed by atoms with Crippen molar-refractivity contribution >= 4 is 35.1 Å². The van der Waals surface area contributed by atoms with Crippen LogP contribution in [0.3, 0.4) is 0 Å². The molecule has 2 aromatic rings. The van der Waals surface area contributed by atoms with E-state index < -0.39 is 35.7 Å². The Kier molecular flexibility index (Phi) is 5.65. The van der Waals surface area contributed by atoms with Crippen molar-refractivity contribution in [1.82, 2.24) is 10.2 Å². The van der Waals surface area contributed by atoms with Crippen molar-refractivity contribution < 1.29 is 18.8 Å². The van der Waals surface area contributed by atoms with Crippen molar-refractivity contribution in [3.8, 4) is 0 Å². The number of rotatable bonds is 6. The molecule has 0 aliphatic carbocycles. The quantitative estimate of drug-likeness (QED) is 0.722. The minimum absolute atomic E-state index is 0.140. The summed E-state index contributed by atoms with van der Waals surface area (Å²) >= 11 is 5.70. The lowest BCUT2D eigenvalue weighted by Gasteiger charge is -2.26. The van der Waals surface area contributed by atoms with Crippen LogP contribution in [0.5, 0.6) is 0 Å². The van der Waals surface area contributed by atoms with Gasteiger partial charge in [0.25, 0.3) is 5.91 Å². The van der Waals surface area contributed by atoms with E-state index in [0.717, 1.165) is 11.0 Å². The van der Waals surface area contributed by atoms with Gasteiger partial charge in [-0.15, -0.1) is 0 Å². The molecule has 0 saturated carbocycles. The SMILES string of the molecule is CCC[C@]1(c2ccccc2)NC(=O)N(CC(=O)Nc2ccc(F)c(Cl)c2)C1=O. The van der Waals surface area contributed by atoms with Crippen LogP contribution in [0.15, 0.2) is 48.5 Å². The van der Waals surface area contributed by atoms with Crippen LogP contribution in [0.2, 0.25) is 5.02 Å². The molecule has 0 radical (unpaired) electrons. The number of halogens is 2. The van der Waals surface area contributed by atoms with Crippen LogP contribution in [0.1, 0.15) is 25.3 Å². The maximum atomic E-state index is 13.2. The Bertz CT molecular complexity index is 922. The van der Waals surface area contributed by atoms with E-state index in [-0.39, 0.29) is 10.7 Å². The Morgan fingerprint density at radius 2 is 1.93 bits per heavy atom. The first-order chi connectivity index (χ1) is 13.4. The number of carbonyl (C=O) groups excluding carboxylic acids is 3. The summed E-state index contributed by atoms with van der Waals surface area (Å²) in [5, 5.41) is 5.13. The topological polar surface area (TPSA) is 78.5 Å². The third kappa shape index (κ3) is 3.71. The zero-order chi connectivity index (χ0) is 20.3. The van der Waals surface area contributed by atoms with Crippen LogP contribution in [0, 0.1) is 5.82 Å². The second-order valence-electron chi connectivity index (χ2n) is 6.52. The van der Waals surface area contributed by atoms with Crippen molar-refractivity contribution in [2.24, 2.45) is 0 Å². The van der Waals surface area contributed by atoms with Crippen molar-refractivity contribution in [3.63, 3.8) is 0 Å². The number of nitrogens with zero attached hydrogens (tertiary/aromatic N) is 1. The summed E-state index contributed by atoms with van der Waals surface area (Å²) in [5.41, 5.74) is -0.248. The summed E-state index contributed by atoms with van der Waals surface area (Å²) in [4.78, 5) is 38.8. The lowest BCUT2D eigenvalue weighted by Crippen LogP contribution is -2.44. The van der Waals surface area contributed by atoms with Gasteiger partial charge < -0.3 is 10.6 Å². The summed E-state index contributed by atoms with van der Waals surface area (Å²) in [5.74, 6) is -1.68. The second kappa shape index (κ2) is 7.98. The number of urea groups is 1. The van der Waals surface area contributed by atoms with Gasteiger partial charge in [0.05, 0.1) is 5.02 Å². The number of hydrogen-bond donors (Lipinski definition) is 2. The summed E-state index contributed by atoms with van der Waals surface area (Å²) < 4.78 is 13.2. The molecule has 1 saturated heterocycles. The Hall–Kier alpha value is -2.93. The summed E-state index contributed by atoms with van der Waals surface area (Å²) in [6.07, 6.45) is 1.07. The first-order valence-corrected chi connectivity index (χ1v) is 9.19. The molecule has 2 N–H and O–H groups in total. The highest BCUT2D eigenvalue weighted by molar-refractivity contribution is 6.31. The van der Waals surface area contributed by atoms with Gasteiger partial charge in [0.2, 0.25) is 5.91 Å². The number of hydrogen-bond acceptors (Lipinski definition) is 3. The number of benzene rings is 2. The minimum Gasteiger partial charge on any atom is -0.324 e. The van der Waals surface area contributed by atoms with Crippen molar-refractivity contribution in [1.29, 1.82) is 0 Å². The number of anilines is 1. The van der Waals surface area contributed by atoms with E-state index in [1.165, 1.54) is 12.1 Å². The Morgan fingerprint density at radius 3 is 2.57 bits per heavy atom. The maximum absolute atomic E-state index is 13.2. The van der Waals surface area contributed by atoms with Gasteiger partial charge in [0.15, 0.2) is 0 Å². The van der Waals surface area contributed by atoms with E-state index in [9.17, 15) is 18.8 Å². The van der Waals surface area contributed by atoms with Crippen LogP contribution < -0.4 is 10.6 Å². The highest BCUT2D eigenvalue weighted by Crippen LogP contribution is 2.33. The molecule has 1 aliphatic rings. The molecule has 6 nitrogen and oxygen atoms in total. The van der Waals surface area contributed by atoms with Crippen molar-refractivity contribution in [2.75, 3.05) is 11.9 Å².